The van der Waals surface area contributed by atoms with Gasteiger partial charge in [-0.3, -0.25) is 18.7 Å². The van der Waals surface area contributed by atoms with E-state index in [1.165, 1.54) is 6.07 Å². The van der Waals surface area contributed by atoms with Crippen molar-refractivity contribution >= 4 is 54.8 Å². The Morgan fingerprint density at radius 2 is 0.912 bits per heavy atom. The van der Waals surface area contributed by atoms with Gasteiger partial charge >= 0.3 is 0 Å². The molecule has 6 N–H and O–H groups in total. The Bertz CT molecular complexity index is 2560. The van der Waals surface area contributed by atoms with E-state index in [2.05, 4.69) is 21.3 Å². The van der Waals surface area contributed by atoms with Crippen LogP contribution in [0.25, 0.3) is 0 Å². The molecule has 57 heavy (non-hydrogen) atoms. The Morgan fingerprint density at radius 3 is 1.26 bits per heavy atom. The molecule has 0 radical (unpaired) electrons. The SMILES string of the molecule is CNC(=O)c1c(C)cc(C)c(Nc2ccc(C(c3ccc(Nc4c(C)cc(C)c(C(=O)NC)c4C)cc3C)c3ccc(S(=O)(=O)O)cc3S(=O)(=O)O)c(C)c2)c1C. The summed E-state index contributed by atoms with van der Waals surface area (Å²) in [5.41, 5.74) is 12.0. The number of hydrogen-bond donors (Lipinski definition) is 6. The van der Waals surface area contributed by atoms with Gasteiger partial charge in [-0.2, -0.15) is 16.8 Å². The van der Waals surface area contributed by atoms with Gasteiger partial charge in [0.05, 0.1) is 9.79 Å². The number of nitrogens with one attached hydrogen (secondary N) is 4. The molecule has 0 aliphatic carbocycles. The molecule has 0 aliphatic heterocycles. The number of carbonyl (C=O) groups is 2. The first kappa shape index (κ1) is 42.6. The van der Waals surface area contributed by atoms with Gasteiger partial charge in [0.2, 0.25) is 0 Å². The maximum absolute atomic E-state index is 13.0. The molecule has 0 unspecified atom stereocenters. The summed E-state index contributed by atoms with van der Waals surface area (Å²) >= 11 is 0. The number of rotatable bonds is 11. The summed E-state index contributed by atoms with van der Waals surface area (Å²) in [6.07, 6.45) is 0. The first-order chi connectivity index (χ1) is 26.6. The van der Waals surface area contributed by atoms with Gasteiger partial charge in [0.25, 0.3) is 32.1 Å². The zero-order chi connectivity index (χ0) is 42.3. The quantitative estimate of drug-likeness (QED) is 0.0562. The van der Waals surface area contributed by atoms with Crippen molar-refractivity contribution in [3.05, 3.63) is 139 Å². The van der Waals surface area contributed by atoms with E-state index in [1.54, 1.807) is 14.1 Å². The Balaban J connectivity index is 1.68. The Morgan fingerprint density at radius 1 is 0.509 bits per heavy atom. The average molecular weight is 813 g/mol. The molecule has 0 aromatic heterocycles. The predicted octanol–water partition coefficient (Wildman–Crippen LogP) is 8.03. The molecule has 0 heterocycles. The molecule has 0 bridgehead atoms. The zero-order valence-corrected chi connectivity index (χ0v) is 35.2. The molecule has 0 spiro atoms. The summed E-state index contributed by atoms with van der Waals surface area (Å²) in [6, 6.07) is 18.1. The van der Waals surface area contributed by atoms with Gasteiger partial charge in [-0.05, 0) is 153 Å². The van der Waals surface area contributed by atoms with Gasteiger partial charge in [0.1, 0.15) is 0 Å². The third-order valence-electron chi connectivity index (χ3n) is 10.4. The van der Waals surface area contributed by atoms with Gasteiger partial charge in [-0.1, -0.05) is 30.3 Å². The summed E-state index contributed by atoms with van der Waals surface area (Å²) in [5.74, 6) is -1.26. The van der Waals surface area contributed by atoms with Crippen molar-refractivity contribution < 1.29 is 35.5 Å². The maximum atomic E-state index is 13.0. The monoisotopic (exact) mass is 812 g/mol. The molecule has 5 aromatic rings. The number of anilines is 4. The van der Waals surface area contributed by atoms with E-state index >= 15 is 0 Å². The number of carbonyl (C=O) groups excluding carboxylic acids is 2. The molecular weight excluding hydrogens is 765 g/mol. The topological polar surface area (TPSA) is 191 Å². The molecule has 5 aromatic carbocycles. The van der Waals surface area contributed by atoms with Crippen molar-refractivity contribution in [1.82, 2.24) is 10.6 Å². The van der Waals surface area contributed by atoms with Crippen LogP contribution < -0.4 is 21.3 Å². The fourth-order valence-electron chi connectivity index (χ4n) is 7.79. The minimum absolute atomic E-state index is 0.0819. The Labute approximate surface area is 334 Å². The number of benzene rings is 5. The van der Waals surface area contributed by atoms with E-state index in [0.717, 1.165) is 68.0 Å². The molecule has 0 atom stereocenters. The van der Waals surface area contributed by atoms with Gasteiger partial charge in [-0.15, -0.1) is 0 Å². The first-order valence-corrected chi connectivity index (χ1v) is 21.0. The van der Waals surface area contributed by atoms with Gasteiger partial charge in [-0.25, -0.2) is 0 Å². The van der Waals surface area contributed by atoms with E-state index in [4.69, 9.17) is 0 Å². The molecular formula is C43H48N4O8S2. The summed E-state index contributed by atoms with van der Waals surface area (Å²) in [6.45, 7) is 15.1. The standard InChI is InChI=1S/C43H48N4O8S2/c1-22-19-30(46-40-26(5)17-24(3)37(28(40)7)42(48)44-9)11-14-33(22)39(35-16-13-32(56(50,51)52)21-36(35)57(53,54)55)34-15-12-31(20-23(34)2)47-41-27(6)18-25(4)38(29(41)8)43(49)45-10/h11-21,39,46-47H,1-10H3,(H,44,48)(H,45,49)(H,50,51,52)(H,53,54,55). The minimum Gasteiger partial charge on any atom is -0.355 e. The molecule has 5 rings (SSSR count). The fraction of sp³-hybridized carbons (Fsp3) is 0.256. The molecule has 0 fully saturated rings. The first-order valence-electron chi connectivity index (χ1n) is 18.1. The van der Waals surface area contributed by atoms with Crippen molar-refractivity contribution in [2.75, 3.05) is 24.7 Å². The highest BCUT2D eigenvalue weighted by Crippen LogP contribution is 2.42. The van der Waals surface area contributed by atoms with Crippen LogP contribution in [0.4, 0.5) is 22.7 Å². The summed E-state index contributed by atoms with van der Waals surface area (Å²) in [7, 11) is -6.68. The highest BCUT2D eigenvalue weighted by atomic mass is 32.2. The largest absolute Gasteiger partial charge is 0.355 e. The van der Waals surface area contributed by atoms with Crippen LogP contribution in [-0.2, 0) is 20.2 Å². The second kappa shape index (κ2) is 16.1. The number of amides is 2. The van der Waals surface area contributed by atoms with Crippen LogP contribution in [0.2, 0.25) is 0 Å². The second-order valence-electron chi connectivity index (χ2n) is 14.4. The average Bonchev–Trinajstić information content (AvgIpc) is 3.12. The molecule has 0 aliphatic rings. The van der Waals surface area contributed by atoms with Crippen LogP contribution in [-0.4, -0.2) is 51.9 Å². The van der Waals surface area contributed by atoms with E-state index in [0.29, 0.717) is 33.6 Å². The molecule has 12 nitrogen and oxygen atoms in total. The normalized spacial score (nSPS) is 11.7. The number of aryl methyl sites for hydroxylation is 6. The van der Waals surface area contributed by atoms with Crippen molar-refractivity contribution in [2.45, 2.75) is 71.1 Å². The van der Waals surface area contributed by atoms with Crippen LogP contribution in [0.1, 0.15) is 87.8 Å². The van der Waals surface area contributed by atoms with E-state index in [-0.39, 0.29) is 17.4 Å². The molecule has 14 heteroatoms. The highest BCUT2D eigenvalue weighted by molar-refractivity contribution is 7.86. The van der Waals surface area contributed by atoms with Crippen LogP contribution in [0.15, 0.2) is 76.5 Å². The molecule has 0 saturated carbocycles. The van der Waals surface area contributed by atoms with Crippen LogP contribution in [0, 0.1) is 55.4 Å². The van der Waals surface area contributed by atoms with E-state index < -0.39 is 35.9 Å². The molecule has 2 amide bonds. The van der Waals surface area contributed by atoms with Crippen molar-refractivity contribution in [3.63, 3.8) is 0 Å². The minimum atomic E-state index is -5.02. The van der Waals surface area contributed by atoms with Gasteiger partial charge < -0.3 is 21.3 Å². The van der Waals surface area contributed by atoms with Crippen molar-refractivity contribution in [2.24, 2.45) is 0 Å². The van der Waals surface area contributed by atoms with Crippen LogP contribution in [0.3, 0.4) is 0 Å². The fourth-order valence-corrected chi connectivity index (χ4v) is 9.13. The zero-order valence-electron chi connectivity index (χ0n) is 33.6. The lowest BCUT2D eigenvalue weighted by molar-refractivity contribution is 0.0953. The lowest BCUT2D eigenvalue weighted by Gasteiger charge is -2.26. The Hall–Kier alpha value is -5.54. The van der Waals surface area contributed by atoms with Gasteiger partial charge in [0.15, 0.2) is 0 Å². The summed E-state index contributed by atoms with van der Waals surface area (Å²) in [5, 5.41) is 12.3. The van der Waals surface area contributed by atoms with E-state index in [9.17, 15) is 35.5 Å². The second-order valence-corrected chi connectivity index (χ2v) is 17.2. The Kier molecular flexibility index (Phi) is 12.1. The number of hydrogen-bond acceptors (Lipinski definition) is 8. The maximum Gasteiger partial charge on any atom is 0.294 e. The van der Waals surface area contributed by atoms with Crippen molar-refractivity contribution in [3.8, 4) is 0 Å². The summed E-state index contributed by atoms with van der Waals surface area (Å²) in [4.78, 5) is 24.1. The van der Waals surface area contributed by atoms with Crippen LogP contribution >= 0.6 is 0 Å². The predicted molar refractivity (Wildman–Crippen MR) is 224 cm³/mol. The third kappa shape index (κ3) is 8.59. The smallest absolute Gasteiger partial charge is 0.294 e. The third-order valence-corrected chi connectivity index (χ3v) is 12.2. The van der Waals surface area contributed by atoms with E-state index in [1.807, 2.05) is 104 Å². The molecule has 300 valence electrons. The lowest BCUT2D eigenvalue weighted by atomic mass is 9.81. The summed E-state index contributed by atoms with van der Waals surface area (Å²) < 4.78 is 70.4. The van der Waals surface area contributed by atoms with Crippen LogP contribution in [0.5, 0.6) is 0 Å². The van der Waals surface area contributed by atoms with Crippen molar-refractivity contribution in [1.29, 1.82) is 0 Å². The van der Waals surface area contributed by atoms with Gasteiger partial charge in [0, 0.05) is 53.9 Å². The highest BCUT2D eigenvalue weighted by Gasteiger charge is 2.30. The molecule has 0 saturated heterocycles. The lowest BCUT2D eigenvalue weighted by Crippen LogP contribution is -2.21.